The SMILES string of the molecule is Cc1ccc(CNC(C)C(N)=O)cc1Br. The molecule has 82 valence electrons. The van der Waals surface area contributed by atoms with Crippen LogP contribution in [0.2, 0.25) is 0 Å². The summed E-state index contributed by atoms with van der Waals surface area (Å²) in [5.41, 5.74) is 7.46. The maximum absolute atomic E-state index is 10.8. The Morgan fingerprint density at radius 2 is 2.27 bits per heavy atom. The van der Waals surface area contributed by atoms with Crippen LogP contribution in [0.1, 0.15) is 18.1 Å². The van der Waals surface area contributed by atoms with Crippen molar-refractivity contribution in [1.29, 1.82) is 0 Å². The smallest absolute Gasteiger partial charge is 0.234 e. The van der Waals surface area contributed by atoms with Crippen molar-refractivity contribution in [1.82, 2.24) is 5.32 Å². The number of carbonyl (C=O) groups is 1. The van der Waals surface area contributed by atoms with Crippen LogP contribution in [0.5, 0.6) is 0 Å². The Morgan fingerprint density at radius 3 is 2.80 bits per heavy atom. The molecular formula is C11H15BrN2O. The summed E-state index contributed by atoms with van der Waals surface area (Å²) >= 11 is 3.46. The maximum atomic E-state index is 10.8. The highest BCUT2D eigenvalue weighted by molar-refractivity contribution is 9.10. The van der Waals surface area contributed by atoms with E-state index in [0.29, 0.717) is 6.54 Å². The van der Waals surface area contributed by atoms with Crippen LogP contribution in [0.3, 0.4) is 0 Å². The molecule has 0 saturated carbocycles. The molecule has 0 radical (unpaired) electrons. The predicted octanol–water partition coefficient (Wildman–Crippen LogP) is 1.72. The lowest BCUT2D eigenvalue weighted by molar-refractivity contribution is -0.119. The van der Waals surface area contributed by atoms with Crippen LogP contribution in [0, 0.1) is 6.92 Å². The van der Waals surface area contributed by atoms with Crippen LogP contribution >= 0.6 is 15.9 Å². The van der Waals surface area contributed by atoms with Crippen LogP contribution in [-0.4, -0.2) is 11.9 Å². The highest BCUT2D eigenvalue weighted by Crippen LogP contribution is 2.17. The number of carbonyl (C=O) groups excluding carboxylic acids is 1. The van der Waals surface area contributed by atoms with Gasteiger partial charge in [-0.15, -0.1) is 0 Å². The van der Waals surface area contributed by atoms with Gasteiger partial charge in [0.1, 0.15) is 0 Å². The van der Waals surface area contributed by atoms with Crippen molar-refractivity contribution in [3.8, 4) is 0 Å². The standard InChI is InChI=1S/C11H15BrN2O/c1-7-3-4-9(5-10(7)12)6-14-8(2)11(13)15/h3-5,8,14H,6H2,1-2H3,(H2,13,15). The van der Waals surface area contributed by atoms with Crippen LogP contribution in [0.4, 0.5) is 0 Å². The van der Waals surface area contributed by atoms with E-state index in [2.05, 4.69) is 21.2 Å². The van der Waals surface area contributed by atoms with Crippen LogP contribution < -0.4 is 11.1 Å². The zero-order valence-corrected chi connectivity index (χ0v) is 10.5. The first-order valence-electron chi connectivity index (χ1n) is 4.78. The summed E-state index contributed by atoms with van der Waals surface area (Å²) in [7, 11) is 0. The van der Waals surface area contributed by atoms with Gasteiger partial charge in [-0.1, -0.05) is 28.1 Å². The summed E-state index contributed by atoms with van der Waals surface area (Å²) in [4.78, 5) is 10.8. The molecule has 1 amide bonds. The number of primary amides is 1. The maximum Gasteiger partial charge on any atom is 0.234 e. The number of halogens is 1. The Bertz CT molecular complexity index is 366. The van der Waals surface area contributed by atoms with Crippen LogP contribution in [0.15, 0.2) is 22.7 Å². The molecule has 3 N–H and O–H groups in total. The molecule has 0 spiro atoms. The summed E-state index contributed by atoms with van der Waals surface area (Å²) in [6.07, 6.45) is 0. The molecule has 0 saturated heterocycles. The van der Waals surface area contributed by atoms with E-state index in [4.69, 9.17) is 5.73 Å². The Labute approximate surface area is 98.2 Å². The highest BCUT2D eigenvalue weighted by atomic mass is 79.9. The first-order valence-corrected chi connectivity index (χ1v) is 5.57. The second-order valence-electron chi connectivity index (χ2n) is 3.59. The minimum atomic E-state index is -0.332. The molecule has 0 aliphatic carbocycles. The van der Waals surface area contributed by atoms with Gasteiger partial charge >= 0.3 is 0 Å². The quantitative estimate of drug-likeness (QED) is 0.876. The lowest BCUT2D eigenvalue weighted by Gasteiger charge is -2.10. The Balaban J connectivity index is 2.58. The van der Waals surface area contributed by atoms with Crippen molar-refractivity contribution in [2.24, 2.45) is 5.73 Å². The fraction of sp³-hybridized carbons (Fsp3) is 0.364. The van der Waals surface area contributed by atoms with Crippen molar-refractivity contribution in [3.63, 3.8) is 0 Å². The lowest BCUT2D eigenvalue weighted by Crippen LogP contribution is -2.38. The van der Waals surface area contributed by atoms with Crippen molar-refractivity contribution >= 4 is 21.8 Å². The second-order valence-corrected chi connectivity index (χ2v) is 4.44. The largest absolute Gasteiger partial charge is 0.368 e. The number of hydrogen-bond acceptors (Lipinski definition) is 2. The molecule has 4 heteroatoms. The summed E-state index contributed by atoms with van der Waals surface area (Å²) in [5.74, 6) is -0.332. The normalized spacial score (nSPS) is 12.5. The molecule has 1 aromatic carbocycles. The molecule has 0 aliphatic heterocycles. The van der Waals surface area contributed by atoms with E-state index in [1.807, 2.05) is 25.1 Å². The molecule has 1 aromatic rings. The molecule has 1 unspecified atom stereocenters. The van der Waals surface area contributed by atoms with Crippen molar-refractivity contribution in [2.75, 3.05) is 0 Å². The van der Waals surface area contributed by atoms with Gasteiger partial charge in [0.05, 0.1) is 6.04 Å². The van der Waals surface area contributed by atoms with E-state index >= 15 is 0 Å². The minimum absolute atomic E-state index is 0.301. The van der Waals surface area contributed by atoms with Gasteiger partial charge in [0.15, 0.2) is 0 Å². The molecule has 0 aromatic heterocycles. The van der Waals surface area contributed by atoms with E-state index in [-0.39, 0.29) is 11.9 Å². The Hall–Kier alpha value is -0.870. The molecule has 1 rings (SSSR count). The Kier molecular flexibility index (Phi) is 4.29. The summed E-state index contributed by atoms with van der Waals surface area (Å²) in [6.45, 7) is 4.43. The average molecular weight is 271 g/mol. The molecule has 0 aliphatic rings. The van der Waals surface area contributed by atoms with Gasteiger partial charge < -0.3 is 11.1 Å². The lowest BCUT2D eigenvalue weighted by atomic mass is 10.1. The number of rotatable bonds is 4. The zero-order chi connectivity index (χ0) is 11.4. The third-order valence-electron chi connectivity index (χ3n) is 2.28. The molecule has 3 nitrogen and oxygen atoms in total. The third-order valence-corrected chi connectivity index (χ3v) is 3.13. The molecule has 15 heavy (non-hydrogen) atoms. The topological polar surface area (TPSA) is 55.1 Å². The van der Waals surface area contributed by atoms with Gasteiger partial charge in [0, 0.05) is 11.0 Å². The summed E-state index contributed by atoms with van der Waals surface area (Å²) in [5, 5.41) is 3.05. The molecule has 0 heterocycles. The van der Waals surface area contributed by atoms with Gasteiger partial charge in [-0.05, 0) is 31.0 Å². The average Bonchev–Trinajstić information content (AvgIpc) is 2.19. The number of nitrogens with one attached hydrogen (secondary N) is 1. The first-order chi connectivity index (χ1) is 7.00. The summed E-state index contributed by atoms with van der Waals surface area (Å²) in [6, 6.07) is 5.80. The van der Waals surface area contributed by atoms with E-state index in [0.717, 1.165) is 10.0 Å². The number of aryl methyl sites for hydroxylation is 1. The number of benzene rings is 1. The minimum Gasteiger partial charge on any atom is -0.368 e. The predicted molar refractivity (Wildman–Crippen MR) is 64.4 cm³/mol. The molecule has 0 bridgehead atoms. The van der Waals surface area contributed by atoms with E-state index in [1.54, 1.807) is 6.92 Å². The number of nitrogens with two attached hydrogens (primary N) is 1. The van der Waals surface area contributed by atoms with Gasteiger partial charge in [0.25, 0.3) is 0 Å². The van der Waals surface area contributed by atoms with Gasteiger partial charge in [-0.2, -0.15) is 0 Å². The fourth-order valence-corrected chi connectivity index (χ4v) is 1.54. The number of amides is 1. The zero-order valence-electron chi connectivity index (χ0n) is 8.88. The first kappa shape index (κ1) is 12.2. The highest BCUT2D eigenvalue weighted by Gasteiger charge is 2.07. The molecule has 0 fully saturated rings. The summed E-state index contributed by atoms with van der Waals surface area (Å²) < 4.78 is 1.08. The van der Waals surface area contributed by atoms with Crippen LogP contribution in [0.25, 0.3) is 0 Å². The Morgan fingerprint density at radius 1 is 1.60 bits per heavy atom. The monoisotopic (exact) mass is 270 g/mol. The number of hydrogen-bond donors (Lipinski definition) is 2. The van der Waals surface area contributed by atoms with Gasteiger partial charge in [-0.3, -0.25) is 4.79 Å². The van der Waals surface area contributed by atoms with Gasteiger partial charge in [0.2, 0.25) is 5.91 Å². The van der Waals surface area contributed by atoms with Crippen molar-refractivity contribution in [3.05, 3.63) is 33.8 Å². The third kappa shape index (κ3) is 3.64. The van der Waals surface area contributed by atoms with E-state index in [1.165, 1.54) is 5.56 Å². The van der Waals surface area contributed by atoms with Crippen molar-refractivity contribution in [2.45, 2.75) is 26.4 Å². The molecule has 1 atom stereocenters. The van der Waals surface area contributed by atoms with Crippen molar-refractivity contribution < 1.29 is 4.79 Å². The van der Waals surface area contributed by atoms with E-state index in [9.17, 15) is 4.79 Å². The van der Waals surface area contributed by atoms with Crippen LogP contribution in [-0.2, 0) is 11.3 Å². The van der Waals surface area contributed by atoms with E-state index < -0.39 is 0 Å². The fourth-order valence-electron chi connectivity index (χ4n) is 1.12. The molecular weight excluding hydrogens is 256 g/mol. The second kappa shape index (κ2) is 5.28. The van der Waals surface area contributed by atoms with Gasteiger partial charge in [-0.25, -0.2) is 0 Å².